The van der Waals surface area contributed by atoms with Crippen LogP contribution >= 0.6 is 31.4 Å². The van der Waals surface area contributed by atoms with Crippen LogP contribution in [0.1, 0.15) is 27.0 Å². The average Bonchev–Trinajstić information content (AvgIpc) is 3.05. The Labute approximate surface area is 177 Å². The van der Waals surface area contributed by atoms with Crippen LogP contribution in [0.3, 0.4) is 0 Å². The highest BCUT2D eigenvalue weighted by Gasteiger charge is 2.19. The molecule has 2 rings (SSSR count). The van der Waals surface area contributed by atoms with Gasteiger partial charge in [0.05, 0.1) is 32.3 Å². The molecular formula is C15H22Cl2N5O6P. The maximum atomic E-state index is 11.9. The fourth-order valence-corrected chi connectivity index (χ4v) is 3.46. The summed E-state index contributed by atoms with van der Waals surface area (Å²) in [5.41, 5.74) is 0.605. The number of hydrogen-bond donors (Lipinski definition) is 2. The van der Waals surface area contributed by atoms with Gasteiger partial charge in [-0.2, -0.15) is 4.98 Å². The molecule has 0 radical (unpaired) electrons. The molecule has 2 heterocycles. The second-order valence-corrected chi connectivity index (χ2v) is 7.95. The first-order valence-electron chi connectivity index (χ1n) is 8.64. The van der Waals surface area contributed by atoms with Gasteiger partial charge in [-0.1, -0.05) is 11.6 Å². The third-order valence-corrected chi connectivity index (χ3v) is 5.05. The normalized spacial score (nSPS) is 14.9. The molecule has 3 atom stereocenters. The van der Waals surface area contributed by atoms with Crippen LogP contribution in [0, 0.1) is 0 Å². The van der Waals surface area contributed by atoms with Crippen LogP contribution in [-0.2, 0) is 23.4 Å². The molecule has 2 aromatic heterocycles. The monoisotopic (exact) mass is 469 g/mol. The molecule has 0 spiro atoms. The largest absolute Gasteiger partial charge is 0.462 e. The lowest BCUT2D eigenvalue weighted by atomic mass is 10.4. The van der Waals surface area contributed by atoms with E-state index in [-0.39, 0.29) is 29.8 Å². The SMILES string of the molecule is CC(C)OC(=O)[C@H](C)N[PH](=O)OCCO[C@H](CO)n1cnc2c(Cl)nc(Cl)nc21. The number of hydrogen-bond acceptors (Lipinski definition) is 9. The van der Waals surface area contributed by atoms with Gasteiger partial charge in [0.25, 0.3) is 8.18 Å². The number of rotatable bonds is 11. The Hall–Kier alpha value is -1.33. The standard InChI is InChI=1S/C15H22Cl2N5O6P/c1-8(2)28-14(24)9(3)21-29(25)27-5-4-26-10(6-23)22-7-18-11-12(16)19-15(17)20-13(11)22/h7-10,23,29H,4-6H2,1-3H3,(H,21,25)/t9-,10+/m0/s1. The Bertz CT molecular complexity index is 867. The third-order valence-electron chi connectivity index (χ3n) is 3.48. The second kappa shape index (κ2) is 11.2. The molecule has 29 heavy (non-hydrogen) atoms. The molecule has 0 saturated carbocycles. The number of esters is 1. The van der Waals surface area contributed by atoms with E-state index < -0.39 is 33.0 Å². The maximum Gasteiger partial charge on any atom is 0.323 e. The molecule has 0 aliphatic rings. The van der Waals surface area contributed by atoms with Crippen LogP contribution in [0.5, 0.6) is 0 Å². The second-order valence-electron chi connectivity index (χ2n) is 6.10. The minimum Gasteiger partial charge on any atom is -0.462 e. The molecule has 2 N–H and O–H groups in total. The quantitative estimate of drug-likeness (QED) is 0.165. The molecule has 0 aliphatic heterocycles. The van der Waals surface area contributed by atoms with E-state index in [2.05, 4.69) is 20.0 Å². The Kier molecular flexibility index (Phi) is 9.22. The van der Waals surface area contributed by atoms with Gasteiger partial charge in [0, 0.05) is 0 Å². The highest BCUT2D eigenvalue weighted by Crippen LogP contribution is 2.24. The van der Waals surface area contributed by atoms with Crippen molar-refractivity contribution in [2.24, 2.45) is 0 Å². The van der Waals surface area contributed by atoms with Crippen molar-refractivity contribution >= 4 is 48.5 Å². The number of aromatic nitrogens is 4. The first-order chi connectivity index (χ1) is 13.7. The summed E-state index contributed by atoms with van der Waals surface area (Å²) in [5, 5.41) is 12.2. The van der Waals surface area contributed by atoms with E-state index in [1.165, 1.54) is 17.8 Å². The molecule has 0 fully saturated rings. The van der Waals surface area contributed by atoms with Gasteiger partial charge in [0.15, 0.2) is 17.0 Å². The van der Waals surface area contributed by atoms with Crippen molar-refractivity contribution < 1.29 is 28.5 Å². The molecule has 1 unspecified atom stereocenters. The lowest BCUT2D eigenvalue weighted by molar-refractivity contribution is -0.149. The number of fused-ring (bicyclic) bond motifs is 1. The van der Waals surface area contributed by atoms with Crippen molar-refractivity contribution in [1.29, 1.82) is 0 Å². The molecular weight excluding hydrogens is 448 g/mol. The van der Waals surface area contributed by atoms with Crippen molar-refractivity contribution in [3.8, 4) is 0 Å². The molecule has 11 nitrogen and oxygen atoms in total. The summed E-state index contributed by atoms with van der Waals surface area (Å²) in [6.07, 6.45) is 0.268. The first kappa shape index (κ1) is 23.9. The van der Waals surface area contributed by atoms with E-state index in [0.29, 0.717) is 11.2 Å². The zero-order chi connectivity index (χ0) is 21.6. The van der Waals surface area contributed by atoms with Crippen molar-refractivity contribution in [2.45, 2.75) is 39.1 Å². The van der Waals surface area contributed by atoms with Crippen LogP contribution in [-0.4, -0.2) is 62.6 Å². The van der Waals surface area contributed by atoms with Crippen molar-refractivity contribution in [3.05, 3.63) is 16.8 Å². The number of carbonyl (C=O) groups is 1. The van der Waals surface area contributed by atoms with Crippen LogP contribution in [0.15, 0.2) is 6.33 Å². The van der Waals surface area contributed by atoms with E-state index in [0.717, 1.165) is 0 Å². The summed E-state index contributed by atoms with van der Waals surface area (Å²) in [6.45, 7) is 4.52. The Balaban J connectivity index is 1.85. The van der Waals surface area contributed by atoms with Crippen LogP contribution in [0.2, 0.25) is 10.4 Å². The predicted octanol–water partition coefficient (Wildman–Crippen LogP) is 1.98. The third kappa shape index (κ3) is 6.85. The van der Waals surface area contributed by atoms with Gasteiger partial charge in [0.1, 0.15) is 11.6 Å². The van der Waals surface area contributed by atoms with Gasteiger partial charge in [0.2, 0.25) is 5.28 Å². The zero-order valence-corrected chi connectivity index (χ0v) is 18.5. The summed E-state index contributed by atoms with van der Waals surface area (Å²) in [6, 6.07) is -0.776. The van der Waals surface area contributed by atoms with Gasteiger partial charge in [-0.15, -0.1) is 0 Å². The number of carbonyl (C=O) groups excluding carboxylic acids is 1. The minimum atomic E-state index is -2.69. The van der Waals surface area contributed by atoms with Gasteiger partial charge in [-0.25, -0.2) is 15.1 Å². The summed E-state index contributed by atoms with van der Waals surface area (Å²) in [7, 11) is -2.69. The predicted molar refractivity (Wildman–Crippen MR) is 106 cm³/mol. The lowest BCUT2D eigenvalue weighted by Crippen LogP contribution is -2.32. The van der Waals surface area contributed by atoms with Gasteiger partial charge >= 0.3 is 5.97 Å². The number of nitrogens with zero attached hydrogens (tertiary/aromatic N) is 4. The molecule has 0 aromatic carbocycles. The van der Waals surface area contributed by atoms with Crippen LogP contribution < -0.4 is 5.09 Å². The average molecular weight is 470 g/mol. The fraction of sp³-hybridized carbons (Fsp3) is 0.600. The van der Waals surface area contributed by atoms with E-state index in [1.54, 1.807) is 13.8 Å². The maximum absolute atomic E-state index is 11.9. The van der Waals surface area contributed by atoms with Crippen molar-refractivity contribution in [2.75, 3.05) is 19.8 Å². The van der Waals surface area contributed by atoms with E-state index >= 15 is 0 Å². The summed E-state index contributed by atoms with van der Waals surface area (Å²) in [5.74, 6) is -0.523. The van der Waals surface area contributed by atoms with E-state index in [4.69, 9.17) is 37.2 Å². The molecule has 2 aromatic rings. The van der Waals surface area contributed by atoms with Gasteiger partial charge in [-0.05, 0) is 32.4 Å². The lowest BCUT2D eigenvalue weighted by Gasteiger charge is -2.18. The van der Waals surface area contributed by atoms with Crippen LogP contribution in [0.4, 0.5) is 0 Å². The highest BCUT2D eigenvalue weighted by atomic mass is 35.5. The zero-order valence-electron chi connectivity index (χ0n) is 16.0. The van der Waals surface area contributed by atoms with Gasteiger partial charge in [-0.3, -0.25) is 13.9 Å². The number of imidazole rings is 1. The summed E-state index contributed by atoms with van der Waals surface area (Å²) in [4.78, 5) is 23.6. The number of nitrogens with one attached hydrogen (secondary N) is 1. The van der Waals surface area contributed by atoms with E-state index in [9.17, 15) is 14.5 Å². The molecule has 162 valence electrons. The minimum absolute atomic E-state index is 0.000353. The molecule has 0 bridgehead atoms. The molecule has 0 saturated heterocycles. The van der Waals surface area contributed by atoms with Crippen molar-refractivity contribution in [1.82, 2.24) is 24.6 Å². The Morgan fingerprint density at radius 3 is 2.69 bits per heavy atom. The molecule has 0 aliphatic carbocycles. The highest BCUT2D eigenvalue weighted by molar-refractivity contribution is 7.36. The first-order valence-corrected chi connectivity index (χ1v) is 10.7. The molecule has 14 heteroatoms. The number of ether oxygens (including phenoxy) is 2. The molecule has 0 amide bonds. The summed E-state index contributed by atoms with van der Waals surface area (Å²) >= 11 is 11.8. The summed E-state index contributed by atoms with van der Waals surface area (Å²) < 4.78 is 29.0. The van der Waals surface area contributed by atoms with E-state index in [1.807, 2.05) is 0 Å². The van der Waals surface area contributed by atoms with Crippen LogP contribution in [0.25, 0.3) is 11.2 Å². The van der Waals surface area contributed by atoms with Crippen molar-refractivity contribution in [3.63, 3.8) is 0 Å². The number of halogens is 2. The topological polar surface area (TPSA) is 138 Å². The Morgan fingerprint density at radius 2 is 2.03 bits per heavy atom. The smallest absolute Gasteiger partial charge is 0.323 e. The van der Waals surface area contributed by atoms with Gasteiger partial charge < -0.3 is 19.1 Å². The Morgan fingerprint density at radius 1 is 1.31 bits per heavy atom. The number of aliphatic hydroxyl groups excluding tert-OH is 1. The number of aliphatic hydroxyl groups is 1. The fourth-order valence-electron chi connectivity index (χ4n) is 2.22.